The summed E-state index contributed by atoms with van der Waals surface area (Å²) in [6, 6.07) is 5.25. The molecule has 0 saturated carbocycles. The Balaban J connectivity index is 2.90. The first-order valence-electron chi connectivity index (χ1n) is 3.79. The maximum Gasteiger partial charge on any atom is 0.163 e. The highest BCUT2D eigenvalue weighted by atomic mass is 79.9. The lowest BCUT2D eigenvalue weighted by molar-refractivity contribution is 0.0990. The van der Waals surface area contributed by atoms with Gasteiger partial charge >= 0.3 is 0 Å². The van der Waals surface area contributed by atoms with Crippen LogP contribution >= 0.6 is 31.9 Å². The van der Waals surface area contributed by atoms with Gasteiger partial charge in [-0.1, -0.05) is 22.0 Å². The fourth-order valence-electron chi connectivity index (χ4n) is 0.947. The highest BCUT2D eigenvalue weighted by Crippen LogP contribution is 2.20. The van der Waals surface area contributed by atoms with E-state index in [1.165, 1.54) is 0 Å². The number of Topliss-reactive ketones (excluding diaryl/α,β-unsaturated/α-hetero) is 1. The molecule has 1 aromatic carbocycles. The van der Waals surface area contributed by atoms with Crippen LogP contribution in [0.25, 0.3) is 0 Å². The molecule has 0 aliphatic heterocycles. The van der Waals surface area contributed by atoms with Crippen molar-refractivity contribution in [2.24, 2.45) is 0 Å². The summed E-state index contributed by atoms with van der Waals surface area (Å²) in [7, 11) is 0. The first-order chi connectivity index (χ1) is 6.15. The van der Waals surface area contributed by atoms with Crippen molar-refractivity contribution in [2.45, 2.75) is 6.42 Å². The topological polar surface area (TPSA) is 43.1 Å². The van der Waals surface area contributed by atoms with Gasteiger partial charge in [-0.3, -0.25) is 4.79 Å². The Kier molecular flexibility index (Phi) is 3.93. The quantitative estimate of drug-likeness (QED) is 0.530. The van der Waals surface area contributed by atoms with E-state index in [4.69, 9.17) is 5.73 Å². The molecule has 1 rings (SSSR count). The predicted molar refractivity (Wildman–Crippen MR) is 61.3 cm³/mol. The van der Waals surface area contributed by atoms with Gasteiger partial charge in [-0.2, -0.15) is 0 Å². The van der Waals surface area contributed by atoms with Gasteiger partial charge in [0.2, 0.25) is 0 Å². The number of carbonyl (C=O) groups is 1. The van der Waals surface area contributed by atoms with Crippen LogP contribution in [0.5, 0.6) is 0 Å². The molecule has 0 aliphatic rings. The summed E-state index contributed by atoms with van der Waals surface area (Å²) in [6.07, 6.45) is 0.501. The van der Waals surface area contributed by atoms with Gasteiger partial charge in [-0.25, -0.2) is 0 Å². The molecule has 0 heterocycles. The van der Waals surface area contributed by atoms with Crippen molar-refractivity contribution in [1.82, 2.24) is 0 Å². The Morgan fingerprint density at radius 3 is 2.69 bits per heavy atom. The third-order valence-corrected chi connectivity index (χ3v) is 2.76. The molecule has 0 atom stereocenters. The monoisotopic (exact) mass is 305 g/mol. The Hall–Kier alpha value is -0.350. The second-order valence-corrected chi connectivity index (χ2v) is 4.25. The van der Waals surface area contributed by atoms with E-state index in [1.54, 1.807) is 18.2 Å². The maximum atomic E-state index is 11.4. The van der Waals surface area contributed by atoms with Crippen LogP contribution in [-0.2, 0) is 0 Å². The van der Waals surface area contributed by atoms with Crippen LogP contribution in [0.15, 0.2) is 22.7 Å². The van der Waals surface area contributed by atoms with Crippen LogP contribution in [0.3, 0.4) is 0 Å². The molecule has 13 heavy (non-hydrogen) atoms. The summed E-state index contributed by atoms with van der Waals surface area (Å²) in [4.78, 5) is 11.4. The summed E-state index contributed by atoms with van der Waals surface area (Å²) in [5, 5.41) is 0.682. The summed E-state index contributed by atoms with van der Waals surface area (Å²) >= 11 is 6.49. The van der Waals surface area contributed by atoms with Gasteiger partial charge in [0.15, 0.2) is 5.78 Å². The number of rotatable bonds is 3. The molecule has 2 N–H and O–H groups in total. The molecule has 0 spiro atoms. The Morgan fingerprint density at radius 1 is 1.46 bits per heavy atom. The molecule has 70 valence electrons. The highest BCUT2D eigenvalue weighted by Gasteiger charge is 2.05. The van der Waals surface area contributed by atoms with Crippen LogP contribution < -0.4 is 5.73 Å². The fourth-order valence-corrected chi connectivity index (χ4v) is 1.55. The van der Waals surface area contributed by atoms with E-state index in [-0.39, 0.29) is 5.78 Å². The van der Waals surface area contributed by atoms with Gasteiger partial charge in [0, 0.05) is 27.5 Å². The number of benzene rings is 1. The number of nitrogens with two attached hydrogens (primary N) is 1. The zero-order valence-electron chi connectivity index (χ0n) is 6.89. The van der Waals surface area contributed by atoms with Gasteiger partial charge in [-0.15, -0.1) is 0 Å². The largest absolute Gasteiger partial charge is 0.398 e. The minimum atomic E-state index is 0.107. The average Bonchev–Trinajstić information content (AvgIpc) is 2.10. The van der Waals surface area contributed by atoms with E-state index < -0.39 is 0 Å². The van der Waals surface area contributed by atoms with Crippen molar-refractivity contribution in [1.29, 1.82) is 0 Å². The average molecular weight is 307 g/mol. The van der Waals surface area contributed by atoms with Gasteiger partial charge in [-0.05, 0) is 28.1 Å². The minimum Gasteiger partial charge on any atom is -0.398 e. The maximum absolute atomic E-state index is 11.4. The summed E-state index contributed by atoms with van der Waals surface area (Å²) < 4.78 is 0.822. The van der Waals surface area contributed by atoms with Gasteiger partial charge in [0.1, 0.15) is 0 Å². The fraction of sp³-hybridized carbons (Fsp3) is 0.222. The number of ketones is 1. The van der Waals surface area contributed by atoms with E-state index in [1.807, 2.05) is 0 Å². The molecule has 0 radical (unpaired) electrons. The Labute approximate surface area is 93.8 Å². The molecule has 0 bridgehead atoms. The molecule has 0 aromatic heterocycles. The van der Waals surface area contributed by atoms with Crippen LogP contribution in [0.4, 0.5) is 5.69 Å². The minimum absolute atomic E-state index is 0.107. The van der Waals surface area contributed by atoms with Gasteiger partial charge in [0.25, 0.3) is 0 Å². The van der Waals surface area contributed by atoms with E-state index in [2.05, 4.69) is 31.9 Å². The van der Waals surface area contributed by atoms with Crippen molar-refractivity contribution >= 4 is 43.3 Å². The molecule has 4 heteroatoms. The molecule has 0 amide bonds. The van der Waals surface area contributed by atoms with Crippen molar-refractivity contribution in [3.8, 4) is 0 Å². The summed E-state index contributed by atoms with van der Waals surface area (Å²) in [5.74, 6) is 0.107. The third kappa shape index (κ3) is 2.81. The Bertz CT molecular complexity index is 325. The zero-order chi connectivity index (χ0) is 9.84. The van der Waals surface area contributed by atoms with Crippen LogP contribution in [-0.4, -0.2) is 11.1 Å². The Morgan fingerprint density at radius 2 is 2.15 bits per heavy atom. The molecule has 1 aromatic rings. The lowest BCUT2D eigenvalue weighted by Gasteiger charge is -2.01. The van der Waals surface area contributed by atoms with Crippen LogP contribution in [0.2, 0.25) is 0 Å². The smallest absolute Gasteiger partial charge is 0.163 e. The van der Waals surface area contributed by atoms with Gasteiger partial charge < -0.3 is 5.73 Å². The normalized spacial score (nSPS) is 10.0. The number of alkyl halides is 1. The van der Waals surface area contributed by atoms with E-state index >= 15 is 0 Å². The summed E-state index contributed by atoms with van der Waals surface area (Å²) in [6.45, 7) is 0. The molecule has 0 unspecified atom stereocenters. The molecule has 2 nitrogen and oxygen atoms in total. The molecule has 0 aliphatic carbocycles. The second-order valence-electron chi connectivity index (χ2n) is 2.60. The van der Waals surface area contributed by atoms with Crippen molar-refractivity contribution < 1.29 is 4.79 Å². The zero-order valence-corrected chi connectivity index (χ0v) is 10.1. The van der Waals surface area contributed by atoms with Crippen LogP contribution in [0.1, 0.15) is 16.8 Å². The van der Waals surface area contributed by atoms with E-state index in [0.717, 1.165) is 4.47 Å². The number of anilines is 1. The number of nitrogen functional groups attached to an aromatic ring is 1. The first-order valence-corrected chi connectivity index (χ1v) is 5.71. The highest BCUT2D eigenvalue weighted by molar-refractivity contribution is 9.10. The SMILES string of the molecule is Nc1cc(C(=O)CCBr)ccc1Br. The standard InChI is InChI=1S/C9H9Br2NO/c10-4-3-9(13)6-1-2-7(11)8(12)5-6/h1-2,5H,3-4,12H2. The number of halogens is 2. The number of hydrogen-bond donors (Lipinski definition) is 1. The van der Waals surface area contributed by atoms with Crippen LogP contribution in [0, 0.1) is 0 Å². The molecular formula is C9H9Br2NO. The lowest BCUT2D eigenvalue weighted by atomic mass is 10.1. The summed E-state index contributed by atoms with van der Waals surface area (Å²) in [5.41, 5.74) is 6.91. The first kappa shape index (κ1) is 10.7. The third-order valence-electron chi connectivity index (χ3n) is 1.64. The molecular weight excluding hydrogens is 298 g/mol. The predicted octanol–water partition coefficient (Wildman–Crippen LogP) is 3.00. The number of hydrogen-bond acceptors (Lipinski definition) is 2. The van der Waals surface area contributed by atoms with E-state index in [9.17, 15) is 4.79 Å². The molecule has 0 fully saturated rings. The second kappa shape index (κ2) is 4.77. The van der Waals surface area contributed by atoms with Crippen molar-refractivity contribution in [2.75, 3.05) is 11.1 Å². The van der Waals surface area contributed by atoms with Gasteiger partial charge in [0.05, 0.1) is 0 Å². The van der Waals surface area contributed by atoms with Crippen molar-refractivity contribution in [3.05, 3.63) is 28.2 Å². The van der Waals surface area contributed by atoms with Crippen molar-refractivity contribution in [3.63, 3.8) is 0 Å². The van der Waals surface area contributed by atoms with E-state index in [0.29, 0.717) is 23.0 Å². The lowest BCUT2D eigenvalue weighted by Crippen LogP contribution is -2.00. The molecule has 0 saturated heterocycles. The number of carbonyl (C=O) groups excluding carboxylic acids is 1.